The maximum atomic E-state index is 12.4. The highest BCUT2D eigenvalue weighted by Gasteiger charge is 2.19. The lowest BCUT2D eigenvalue weighted by Crippen LogP contribution is -2.13. The van der Waals surface area contributed by atoms with Gasteiger partial charge in [-0.2, -0.15) is 0 Å². The Morgan fingerprint density at radius 1 is 1.18 bits per heavy atom. The van der Waals surface area contributed by atoms with Gasteiger partial charge in [-0.3, -0.25) is 4.79 Å². The summed E-state index contributed by atoms with van der Waals surface area (Å²) in [6.45, 7) is 1.35. The highest BCUT2D eigenvalue weighted by molar-refractivity contribution is 7.90. The van der Waals surface area contributed by atoms with Crippen LogP contribution in [0.15, 0.2) is 47.4 Å². The molecule has 0 saturated heterocycles. The lowest BCUT2D eigenvalue weighted by molar-refractivity contribution is -0.114. The highest BCUT2D eigenvalue weighted by Crippen LogP contribution is 2.23. The second-order valence-electron chi connectivity index (χ2n) is 4.60. The van der Waals surface area contributed by atoms with Gasteiger partial charge in [-0.15, -0.1) is 0 Å². The lowest BCUT2D eigenvalue weighted by Gasteiger charge is -2.11. The van der Waals surface area contributed by atoms with Crippen LogP contribution in [0, 0.1) is 0 Å². The Kier molecular flexibility index (Phi) is 4.77. The molecule has 1 amide bonds. The summed E-state index contributed by atoms with van der Waals surface area (Å²) in [5.41, 5.74) is 0.589. The number of carbonyl (C=O) groups excluding carboxylic acids is 1. The number of pyridine rings is 1. The molecule has 0 radical (unpaired) electrons. The maximum absolute atomic E-state index is 12.4. The van der Waals surface area contributed by atoms with Crippen molar-refractivity contribution in [1.29, 1.82) is 0 Å². The van der Waals surface area contributed by atoms with Crippen LogP contribution in [0.5, 0.6) is 5.88 Å². The number of ether oxygens (including phenoxy) is 1. The van der Waals surface area contributed by atoms with Crippen molar-refractivity contribution < 1.29 is 17.9 Å². The summed E-state index contributed by atoms with van der Waals surface area (Å²) in [5, 5.41) is 2.58. The maximum Gasteiger partial charge on any atom is 0.221 e. The Labute approximate surface area is 129 Å². The minimum atomic E-state index is -3.57. The van der Waals surface area contributed by atoms with Crippen molar-refractivity contribution in [2.24, 2.45) is 0 Å². The lowest BCUT2D eigenvalue weighted by atomic mass is 10.3. The Morgan fingerprint density at radius 3 is 2.45 bits per heavy atom. The third-order valence-corrected chi connectivity index (χ3v) is 4.54. The van der Waals surface area contributed by atoms with Crippen molar-refractivity contribution in [2.45, 2.75) is 17.6 Å². The molecule has 22 heavy (non-hydrogen) atoms. The Balaban J connectivity index is 2.40. The number of nitrogens with one attached hydrogen (secondary N) is 1. The van der Waals surface area contributed by atoms with Crippen LogP contribution in [0.25, 0.3) is 0 Å². The van der Waals surface area contributed by atoms with E-state index >= 15 is 0 Å². The molecule has 0 unspecified atom stereocenters. The minimum absolute atomic E-state index is 0.202. The molecule has 1 heterocycles. The molecule has 0 bridgehead atoms. The van der Waals surface area contributed by atoms with E-state index in [1.54, 1.807) is 30.3 Å². The summed E-state index contributed by atoms with van der Waals surface area (Å²) in [6.07, 6.45) is 0. The molecule has 0 saturated carbocycles. The number of hydrogen-bond acceptors (Lipinski definition) is 5. The van der Waals surface area contributed by atoms with E-state index in [9.17, 15) is 13.2 Å². The predicted octanol–water partition coefficient (Wildman–Crippen LogP) is 2.02. The number of benzene rings is 1. The van der Waals surface area contributed by atoms with Crippen LogP contribution < -0.4 is 10.1 Å². The van der Waals surface area contributed by atoms with Gasteiger partial charge in [0.2, 0.25) is 11.8 Å². The van der Waals surface area contributed by atoms with Crippen LogP contribution in [0.3, 0.4) is 0 Å². The number of carbonyl (C=O) groups is 1. The summed E-state index contributed by atoms with van der Waals surface area (Å²) in [5.74, 6) is -0.346. The molecular weight excluding hydrogens is 304 g/mol. The van der Waals surface area contributed by atoms with E-state index in [1.807, 2.05) is 0 Å². The number of hydrogen-bond donors (Lipinski definition) is 1. The van der Waals surface area contributed by atoms with E-state index in [4.69, 9.17) is 4.74 Å². The van der Waals surface area contributed by atoms with Crippen LogP contribution in [0.1, 0.15) is 12.6 Å². The summed E-state index contributed by atoms with van der Waals surface area (Å²) in [6, 6.07) is 11.2. The fourth-order valence-corrected chi connectivity index (χ4v) is 3.22. The van der Waals surface area contributed by atoms with Crippen LogP contribution in [-0.4, -0.2) is 26.4 Å². The van der Waals surface area contributed by atoms with E-state index < -0.39 is 9.84 Å². The van der Waals surface area contributed by atoms with Crippen molar-refractivity contribution in [3.63, 3.8) is 0 Å². The largest absolute Gasteiger partial charge is 0.481 e. The van der Waals surface area contributed by atoms with Crippen LogP contribution in [0.2, 0.25) is 0 Å². The number of aromatic nitrogens is 1. The topological polar surface area (TPSA) is 85.4 Å². The standard InChI is InChI=1S/C15H16N2O4S/c1-11(18)16-13-8-9-15(21-2)17-14(13)10-22(19,20)12-6-4-3-5-7-12/h3-9H,10H2,1-2H3,(H,16,18). The zero-order chi connectivity index (χ0) is 16.2. The first-order chi connectivity index (χ1) is 10.4. The molecule has 1 N–H and O–H groups in total. The highest BCUT2D eigenvalue weighted by atomic mass is 32.2. The molecule has 2 aromatic rings. The molecule has 0 fully saturated rings. The minimum Gasteiger partial charge on any atom is -0.481 e. The molecule has 0 aliphatic rings. The normalized spacial score (nSPS) is 11.0. The van der Waals surface area contributed by atoms with E-state index in [-0.39, 0.29) is 28.1 Å². The molecule has 0 aliphatic heterocycles. The third kappa shape index (κ3) is 3.82. The van der Waals surface area contributed by atoms with Crippen molar-refractivity contribution in [1.82, 2.24) is 4.98 Å². The fourth-order valence-electron chi connectivity index (χ4n) is 1.90. The van der Waals surface area contributed by atoms with Gasteiger partial charge in [-0.1, -0.05) is 18.2 Å². The van der Waals surface area contributed by atoms with Crippen LogP contribution >= 0.6 is 0 Å². The number of methoxy groups -OCH3 is 1. The summed E-state index contributed by atoms with van der Waals surface area (Å²) < 4.78 is 29.9. The molecule has 7 heteroatoms. The Morgan fingerprint density at radius 2 is 1.86 bits per heavy atom. The second kappa shape index (κ2) is 6.57. The van der Waals surface area contributed by atoms with Gasteiger partial charge >= 0.3 is 0 Å². The number of anilines is 1. The SMILES string of the molecule is COc1ccc(NC(C)=O)c(CS(=O)(=O)c2ccccc2)n1. The third-order valence-electron chi connectivity index (χ3n) is 2.90. The predicted molar refractivity (Wildman–Crippen MR) is 82.4 cm³/mol. The molecular formula is C15H16N2O4S. The van der Waals surface area contributed by atoms with Gasteiger partial charge in [0, 0.05) is 13.0 Å². The van der Waals surface area contributed by atoms with E-state index in [1.165, 1.54) is 26.2 Å². The number of rotatable bonds is 5. The van der Waals surface area contributed by atoms with E-state index in [0.717, 1.165) is 0 Å². The second-order valence-corrected chi connectivity index (χ2v) is 6.59. The van der Waals surface area contributed by atoms with Crippen molar-refractivity contribution in [2.75, 3.05) is 12.4 Å². The Hall–Kier alpha value is -2.41. The van der Waals surface area contributed by atoms with E-state index in [0.29, 0.717) is 5.69 Å². The van der Waals surface area contributed by atoms with E-state index in [2.05, 4.69) is 10.3 Å². The number of nitrogens with zero attached hydrogens (tertiary/aromatic N) is 1. The molecule has 1 aromatic heterocycles. The number of amides is 1. The van der Waals surface area contributed by atoms with Gasteiger partial charge in [0.05, 0.1) is 29.1 Å². The first-order valence-corrected chi connectivity index (χ1v) is 8.17. The summed E-state index contributed by atoms with van der Waals surface area (Å²) >= 11 is 0. The molecule has 2 rings (SSSR count). The monoisotopic (exact) mass is 320 g/mol. The molecule has 0 spiro atoms. The van der Waals surface area contributed by atoms with Gasteiger partial charge in [0.15, 0.2) is 9.84 Å². The first-order valence-electron chi connectivity index (χ1n) is 6.51. The summed E-state index contributed by atoms with van der Waals surface area (Å²) in [7, 11) is -2.13. The zero-order valence-electron chi connectivity index (χ0n) is 12.2. The van der Waals surface area contributed by atoms with Crippen LogP contribution in [-0.2, 0) is 20.4 Å². The van der Waals surface area contributed by atoms with Crippen molar-refractivity contribution >= 4 is 21.4 Å². The quantitative estimate of drug-likeness (QED) is 0.911. The molecule has 0 atom stereocenters. The fraction of sp³-hybridized carbons (Fsp3) is 0.200. The van der Waals surface area contributed by atoms with Crippen LogP contribution in [0.4, 0.5) is 5.69 Å². The first kappa shape index (κ1) is 16.0. The molecule has 116 valence electrons. The van der Waals surface area contributed by atoms with Gasteiger partial charge < -0.3 is 10.1 Å². The van der Waals surface area contributed by atoms with Gasteiger partial charge in [0.1, 0.15) is 0 Å². The number of sulfone groups is 1. The zero-order valence-corrected chi connectivity index (χ0v) is 13.1. The smallest absolute Gasteiger partial charge is 0.221 e. The summed E-state index contributed by atoms with van der Waals surface area (Å²) in [4.78, 5) is 15.6. The van der Waals surface area contributed by atoms with Gasteiger partial charge in [0.25, 0.3) is 0 Å². The molecule has 6 nitrogen and oxygen atoms in total. The Bertz CT molecular complexity index is 773. The molecule has 1 aromatic carbocycles. The average Bonchev–Trinajstić information content (AvgIpc) is 2.49. The van der Waals surface area contributed by atoms with Crippen molar-refractivity contribution in [3.8, 4) is 5.88 Å². The van der Waals surface area contributed by atoms with Crippen molar-refractivity contribution in [3.05, 3.63) is 48.2 Å². The molecule has 0 aliphatic carbocycles. The average molecular weight is 320 g/mol. The van der Waals surface area contributed by atoms with Gasteiger partial charge in [-0.25, -0.2) is 13.4 Å². The van der Waals surface area contributed by atoms with Gasteiger partial charge in [-0.05, 0) is 18.2 Å².